The summed E-state index contributed by atoms with van der Waals surface area (Å²) >= 11 is 0. The highest BCUT2D eigenvalue weighted by Gasteiger charge is 2.21. The molecule has 3 aromatic rings. The van der Waals surface area contributed by atoms with Gasteiger partial charge in [0, 0.05) is 5.56 Å². The quantitative estimate of drug-likeness (QED) is 0.173. The zero-order chi connectivity index (χ0) is 26.7. The first-order valence-electron chi connectivity index (χ1n) is 14.2. The van der Waals surface area contributed by atoms with Crippen LogP contribution in [0.2, 0.25) is 0 Å². The standard InChI is InChI=1S/C35H40F2O/c1-3-5-25-38-33-24-23-32(34(36)35(33)37)31-21-15-28(16-22-31)10-7-6-9-27-13-19-30(20-14-27)29-17-11-26(8-4-2)12-18-29/h3,6,9,11-12,15-18,21-24,27,30H,1,4-5,7-8,10,13-14,19-20,25H2,2H3/b9-6+. The van der Waals surface area contributed by atoms with Crippen molar-refractivity contribution >= 4 is 0 Å². The molecule has 1 fully saturated rings. The molecule has 1 aliphatic rings. The van der Waals surface area contributed by atoms with Crippen LogP contribution in [0.3, 0.4) is 0 Å². The number of hydrogen-bond donors (Lipinski definition) is 0. The summed E-state index contributed by atoms with van der Waals surface area (Å²) in [6.45, 7) is 6.11. The van der Waals surface area contributed by atoms with Crippen LogP contribution in [0.1, 0.15) is 74.5 Å². The maximum atomic E-state index is 14.7. The third-order valence-corrected chi connectivity index (χ3v) is 7.66. The number of allylic oxidation sites excluding steroid dienone is 2. The fraction of sp³-hybridized carbons (Fsp3) is 0.371. The van der Waals surface area contributed by atoms with E-state index in [2.05, 4.69) is 49.9 Å². The van der Waals surface area contributed by atoms with E-state index in [1.165, 1.54) is 61.3 Å². The Hall–Kier alpha value is -3.20. The molecule has 1 aliphatic carbocycles. The Morgan fingerprint density at radius 2 is 1.50 bits per heavy atom. The molecule has 0 heterocycles. The number of benzene rings is 3. The molecule has 0 aliphatic heterocycles. The Kier molecular flexibility index (Phi) is 10.3. The first kappa shape index (κ1) is 27.8. The lowest BCUT2D eigenvalue weighted by Gasteiger charge is -2.27. The molecule has 0 amide bonds. The Bertz CT molecular complexity index is 1190. The van der Waals surface area contributed by atoms with Crippen molar-refractivity contribution in [2.45, 2.75) is 70.6 Å². The zero-order valence-electron chi connectivity index (χ0n) is 22.6. The van der Waals surface area contributed by atoms with Gasteiger partial charge in [-0.15, -0.1) is 6.58 Å². The van der Waals surface area contributed by atoms with Crippen LogP contribution in [0.5, 0.6) is 5.75 Å². The van der Waals surface area contributed by atoms with Gasteiger partial charge in [0.15, 0.2) is 11.6 Å². The summed E-state index contributed by atoms with van der Waals surface area (Å²) in [7, 11) is 0. The first-order chi connectivity index (χ1) is 18.6. The van der Waals surface area contributed by atoms with Crippen LogP contribution < -0.4 is 4.74 Å². The molecule has 0 N–H and O–H groups in total. The summed E-state index contributed by atoms with van der Waals surface area (Å²) in [5, 5.41) is 0. The predicted octanol–water partition coefficient (Wildman–Crippen LogP) is 10.0. The van der Waals surface area contributed by atoms with Crippen LogP contribution >= 0.6 is 0 Å². The van der Waals surface area contributed by atoms with E-state index in [0.29, 0.717) is 23.8 Å². The summed E-state index contributed by atoms with van der Waals surface area (Å²) in [6, 6.07) is 20.1. The van der Waals surface area contributed by atoms with Crippen molar-refractivity contribution in [3.8, 4) is 16.9 Å². The van der Waals surface area contributed by atoms with Crippen LogP contribution in [-0.4, -0.2) is 6.61 Å². The molecule has 0 spiro atoms. The van der Waals surface area contributed by atoms with Gasteiger partial charge in [0.1, 0.15) is 0 Å². The second kappa shape index (κ2) is 14.1. The van der Waals surface area contributed by atoms with Gasteiger partial charge in [0.05, 0.1) is 6.61 Å². The highest BCUT2D eigenvalue weighted by atomic mass is 19.2. The van der Waals surface area contributed by atoms with Gasteiger partial charge < -0.3 is 4.74 Å². The largest absolute Gasteiger partial charge is 0.490 e. The monoisotopic (exact) mass is 514 g/mol. The minimum atomic E-state index is -0.945. The molecule has 0 atom stereocenters. The van der Waals surface area contributed by atoms with E-state index >= 15 is 0 Å². The second-order valence-electron chi connectivity index (χ2n) is 10.4. The average molecular weight is 515 g/mol. The Balaban J connectivity index is 1.23. The molecule has 0 saturated heterocycles. The van der Waals surface area contributed by atoms with Crippen molar-refractivity contribution in [1.29, 1.82) is 0 Å². The highest BCUT2D eigenvalue weighted by Crippen LogP contribution is 2.36. The third-order valence-electron chi connectivity index (χ3n) is 7.66. The number of aryl methyl sites for hydroxylation is 2. The molecule has 3 heteroatoms. The number of halogens is 2. The third kappa shape index (κ3) is 7.43. The van der Waals surface area contributed by atoms with Gasteiger partial charge >= 0.3 is 0 Å². The molecule has 1 nitrogen and oxygen atoms in total. The van der Waals surface area contributed by atoms with Crippen LogP contribution in [0.4, 0.5) is 8.78 Å². The van der Waals surface area contributed by atoms with E-state index in [1.807, 2.05) is 24.3 Å². The van der Waals surface area contributed by atoms with Crippen LogP contribution in [0.25, 0.3) is 11.1 Å². The van der Waals surface area contributed by atoms with Crippen molar-refractivity contribution in [2.24, 2.45) is 5.92 Å². The van der Waals surface area contributed by atoms with Crippen molar-refractivity contribution in [3.05, 3.63) is 114 Å². The fourth-order valence-corrected chi connectivity index (χ4v) is 5.40. The molecule has 3 aromatic carbocycles. The molecular weight excluding hydrogens is 474 g/mol. The topological polar surface area (TPSA) is 9.23 Å². The molecule has 0 aromatic heterocycles. The van der Waals surface area contributed by atoms with E-state index in [0.717, 1.165) is 12.8 Å². The molecule has 4 rings (SSSR count). The second-order valence-corrected chi connectivity index (χ2v) is 10.4. The molecule has 0 unspecified atom stereocenters. The van der Waals surface area contributed by atoms with Gasteiger partial charge in [-0.05, 0) is 97.6 Å². The summed E-state index contributed by atoms with van der Waals surface area (Å²) in [4.78, 5) is 0. The maximum absolute atomic E-state index is 14.7. The smallest absolute Gasteiger partial charge is 0.201 e. The van der Waals surface area contributed by atoms with Crippen molar-refractivity contribution in [3.63, 3.8) is 0 Å². The predicted molar refractivity (Wildman–Crippen MR) is 155 cm³/mol. The number of ether oxygens (including phenoxy) is 1. The summed E-state index contributed by atoms with van der Waals surface area (Å²) in [5.41, 5.74) is 5.06. The molecule has 38 heavy (non-hydrogen) atoms. The van der Waals surface area contributed by atoms with E-state index in [1.54, 1.807) is 12.1 Å². The number of rotatable bonds is 12. The molecule has 1 saturated carbocycles. The minimum absolute atomic E-state index is 0.0638. The van der Waals surface area contributed by atoms with Crippen LogP contribution in [-0.2, 0) is 12.8 Å². The Morgan fingerprint density at radius 1 is 0.816 bits per heavy atom. The Morgan fingerprint density at radius 3 is 2.18 bits per heavy atom. The summed E-state index contributed by atoms with van der Waals surface area (Å²) in [5.74, 6) is -0.506. The summed E-state index contributed by atoms with van der Waals surface area (Å²) in [6.07, 6.45) is 16.3. The van der Waals surface area contributed by atoms with Gasteiger partial charge in [0.25, 0.3) is 0 Å². The van der Waals surface area contributed by atoms with E-state index in [9.17, 15) is 8.78 Å². The normalized spacial score (nSPS) is 17.6. The van der Waals surface area contributed by atoms with Gasteiger partial charge in [-0.3, -0.25) is 0 Å². The summed E-state index contributed by atoms with van der Waals surface area (Å²) < 4.78 is 34.4. The fourth-order valence-electron chi connectivity index (χ4n) is 5.40. The SMILES string of the molecule is C=CCCOc1ccc(-c2ccc(CC/C=C/C3CCC(c4ccc(CCC)cc4)CC3)cc2)c(F)c1F. The average Bonchev–Trinajstić information content (AvgIpc) is 2.95. The van der Waals surface area contributed by atoms with E-state index in [-0.39, 0.29) is 17.9 Å². The lowest BCUT2D eigenvalue weighted by Crippen LogP contribution is -2.11. The molecule has 200 valence electrons. The van der Waals surface area contributed by atoms with Crippen LogP contribution in [0, 0.1) is 17.6 Å². The minimum Gasteiger partial charge on any atom is -0.490 e. The van der Waals surface area contributed by atoms with Crippen molar-refractivity contribution in [1.82, 2.24) is 0 Å². The molecule has 0 bridgehead atoms. The number of hydrogen-bond acceptors (Lipinski definition) is 1. The highest BCUT2D eigenvalue weighted by molar-refractivity contribution is 5.65. The van der Waals surface area contributed by atoms with Crippen molar-refractivity contribution < 1.29 is 13.5 Å². The molecule has 0 radical (unpaired) electrons. The van der Waals surface area contributed by atoms with Gasteiger partial charge in [-0.1, -0.05) is 80.1 Å². The van der Waals surface area contributed by atoms with E-state index in [4.69, 9.17) is 4.74 Å². The van der Waals surface area contributed by atoms with Gasteiger partial charge in [-0.2, -0.15) is 4.39 Å². The lowest BCUT2D eigenvalue weighted by molar-refractivity contribution is 0.302. The maximum Gasteiger partial charge on any atom is 0.201 e. The van der Waals surface area contributed by atoms with Crippen LogP contribution in [0.15, 0.2) is 85.5 Å². The first-order valence-corrected chi connectivity index (χ1v) is 14.2. The lowest BCUT2D eigenvalue weighted by atomic mass is 9.78. The van der Waals surface area contributed by atoms with E-state index < -0.39 is 11.6 Å². The van der Waals surface area contributed by atoms with Crippen molar-refractivity contribution in [2.75, 3.05) is 6.61 Å². The van der Waals surface area contributed by atoms with Gasteiger partial charge in [-0.25, -0.2) is 4.39 Å². The molecular formula is C35H40F2O. The Labute approximate surface area is 227 Å². The zero-order valence-corrected chi connectivity index (χ0v) is 22.6. The van der Waals surface area contributed by atoms with Gasteiger partial charge in [0.2, 0.25) is 5.82 Å².